The average Bonchev–Trinajstić information content (AvgIpc) is 2.98. The summed E-state index contributed by atoms with van der Waals surface area (Å²) in [7, 11) is 0. The molecule has 1 heterocycles. The van der Waals surface area contributed by atoms with Crippen LogP contribution in [0.3, 0.4) is 0 Å². The van der Waals surface area contributed by atoms with Gasteiger partial charge in [0, 0.05) is 37.9 Å². The lowest BCUT2D eigenvalue weighted by Crippen LogP contribution is -2.30. The predicted molar refractivity (Wildman–Crippen MR) is 113 cm³/mol. The maximum atomic E-state index is 12.8. The van der Waals surface area contributed by atoms with E-state index in [2.05, 4.69) is 10.1 Å². The summed E-state index contributed by atoms with van der Waals surface area (Å²) in [5.41, 5.74) is 1.04. The van der Waals surface area contributed by atoms with Gasteiger partial charge in [0.05, 0.1) is 23.3 Å². The molecule has 0 fully saturated rings. The van der Waals surface area contributed by atoms with E-state index < -0.39 is 5.97 Å². The molecule has 0 aromatic carbocycles. The number of aliphatic imine (C=N–C) groups is 1. The third-order valence-corrected chi connectivity index (χ3v) is 5.76. The van der Waals surface area contributed by atoms with E-state index >= 15 is 0 Å². The molecular formula is C23H30N2O6. The molecule has 0 amide bonds. The number of aliphatic hydroxyl groups is 1. The maximum absolute atomic E-state index is 12.8. The number of aliphatic carboxylic acids is 1. The number of allylic oxidation sites excluding steroid dienone is 2. The number of nitrogens with zero attached hydrogens (tertiary/aromatic N) is 2. The van der Waals surface area contributed by atoms with Crippen LogP contribution in [0.15, 0.2) is 20.8 Å². The van der Waals surface area contributed by atoms with Gasteiger partial charge in [-0.3, -0.25) is 19.4 Å². The summed E-state index contributed by atoms with van der Waals surface area (Å²) in [5.74, 6) is -0.642. The van der Waals surface area contributed by atoms with Crippen LogP contribution in [-0.4, -0.2) is 45.2 Å². The van der Waals surface area contributed by atoms with Gasteiger partial charge in [0.15, 0.2) is 11.6 Å². The first-order valence-corrected chi connectivity index (χ1v) is 10.6. The molecule has 0 radical (unpaired) electrons. The van der Waals surface area contributed by atoms with E-state index in [4.69, 9.17) is 9.63 Å². The normalized spacial score (nSPS) is 20.7. The number of carbonyl (C=O) groups is 3. The van der Waals surface area contributed by atoms with E-state index in [1.165, 1.54) is 0 Å². The minimum atomic E-state index is -0.990. The molecule has 0 saturated carbocycles. The Hall–Kier alpha value is -2.77. The van der Waals surface area contributed by atoms with E-state index in [-0.39, 0.29) is 59.5 Å². The lowest BCUT2D eigenvalue weighted by molar-refractivity contribution is -0.136. The minimum absolute atomic E-state index is 0.00214. The van der Waals surface area contributed by atoms with Crippen LogP contribution in [0.5, 0.6) is 0 Å². The van der Waals surface area contributed by atoms with Crippen LogP contribution in [-0.2, 0) is 22.4 Å². The van der Waals surface area contributed by atoms with Crippen molar-refractivity contribution in [2.24, 2.45) is 15.8 Å². The number of hydrogen-bond donors (Lipinski definition) is 2. The smallest absolute Gasteiger partial charge is 0.305 e. The van der Waals surface area contributed by atoms with Crippen molar-refractivity contribution in [3.8, 4) is 0 Å². The molecule has 1 aromatic rings. The Morgan fingerprint density at radius 3 is 2.32 bits per heavy atom. The Bertz CT molecular complexity index is 980. The molecule has 0 atom stereocenters. The predicted octanol–water partition coefficient (Wildman–Crippen LogP) is 3.88. The summed E-state index contributed by atoms with van der Waals surface area (Å²) in [6, 6.07) is 0. The molecule has 0 unspecified atom stereocenters. The van der Waals surface area contributed by atoms with E-state index in [0.717, 1.165) is 0 Å². The third kappa shape index (κ3) is 5.29. The zero-order chi connectivity index (χ0) is 23.0. The molecule has 8 nitrogen and oxygen atoms in total. The molecule has 8 heteroatoms. The van der Waals surface area contributed by atoms with Crippen LogP contribution >= 0.6 is 0 Å². The van der Waals surface area contributed by atoms with Crippen molar-refractivity contribution < 1.29 is 29.1 Å². The summed E-state index contributed by atoms with van der Waals surface area (Å²) in [5, 5.41) is 23.6. The number of carboxylic acids is 1. The van der Waals surface area contributed by atoms with E-state index in [0.29, 0.717) is 48.4 Å². The molecule has 2 N–H and O–H groups in total. The molecule has 0 spiro atoms. The zero-order valence-electron chi connectivity index (χ0n) is 18.6. The fourth-order valence-electron chi connectivity index (χ4n) is 4.41. The highest BCUT2D eigenvalue weighted by molar-refractivity contribution is 6.23. The first kappa shape index (κ1) is 22.9. The molecule has 31 heavy (non-hydrogen) atoms. The number of aryl methyl sites for hydroxylation is 1. The third-order valence-electron chi connectivity index (χ3n) is 5.76. The number of hydrogen-bond acceptors (Lipinski definition) is 7. The van der Waals surface area contributed by atoms with Crippen LogP contribution in [0.2, 0.25) is 0 Å². The van der Waals surface area contributed by atoms with E-state index in [9.17, 15) is 19.5 Å². The highest BCUT2D eigenvalue weighted by atomic mass is 16.5. The molecular weight excluding hydrogens is 400 g/mol. The van der Waals surface area contributed by atoms with Gasteiger partial charge < -0.3 is 14.7 Å². The summed E-state index contributed by atoms with van der Waals surface area (Å²) in [6.45, 7) is 7.84. The van der Waals surface area contributed by atoms with Crippen LogP contribution in [0.4, 0.5) is 0 Å². The van der Waals surface area contributed by atoms with Gasteiger partial charge in [-0.15, -0.1) is 0 Å². The van der Waals surface area contributed by atoms with E-state index in [1.807, 2.05) is 27.7 Å². The Morgan fingerprint density at radius 2 is 1.68 bits per heavy atom. The maximum Gasteiger partial charge on any atom is 0.305 e. The van der Waals surface area contributed by atoms with Gasteiger partial charge in [-0.25, -0.2) is 0 Å². The van der Waals surface area contributed by atoms with Gasteiger partial charge in [-0.1, -0.05) is 32.9 Å². The number of carboxylic acid groups (broad SMARTS) is 1. The number of aromatic nitrogens is 1. The summed E-state index contributed by atoms with van der Waals surface area (Å²) in [4.78, 5) is 40.7. The Morgan fingerprint density at radius 1 is 1.03 bits per heavy atom. The van der Waals surface area contributed by atoms with Gasteiger partial charge >= 0.3 is 5.97 Å². The largest absolute Gasteiger partial charge is 0.511 e. The standard InChI is InChI=1S/C23H30N2O6/c1-22(2)9-15(26)20(16(27)10-22)13(24-8-7-19(29)30)5-6-14-21-17(28)11-23(3,4)12-18(21)31-25-14/h26H,5-12H2,1-4H3,(H,29,30). The second-order valence-electron chi connectivity index (χ2n) is 10.1. The zero-order valence-corrected chi connectivity index (χ0v) is 18.6. The minimum Gasteiger partial charge on any atom is -0.511 e. The van der Waals surface area contributed by atoms with E-state index in [1.54, 1.807) is 0 Å². The average molecular weight is 431 g/mol. The fourth-order valence-corrected chi connectivity index (χ4v) is 4.41. The summed E-state index contributed by atoms with van der Waals surface area (Å²) in [6.07, 6.45) is 2.04. The van der Waals surface area contributed by atoms with Gasteiger partial charge in [0.1, 0.15) is 11.5 Å². The molecule has 3 rings (SSSR count). The molecule has 1 aromatic heterocycles. The lowest BCUT2D eigenvalue weighted by atomic mass is 9.74. The Balaban J connectivity index is 1.86. The number of ketones is 2. The van der Waals surface area contributed by atoms with Crippen molar-refractivity contribution in [3.63, 3.8) is 0 Å². The lowest BCUT2D eigenvalue weighted by Gasteiger charge is -2.30. The van der Waals surface area contributed by atoms with Gasteiger partial charge in [-0.2, -0.15) is 0 Å². The van der Waals surface area contributed by atoms with Crippen molar-refractivity contribution >= 4 is 23.2 Å². The van der Waals surface area contributed by atoms with Gasteiger partial charge in [0.25, 0.3) is 0 Å². The molecule has 0 saturated heterocycles. The molecule has 0 bridgehead atoms. The monoisotopic (exact) mass is 430 g/mol. The van der Waals surface area contributed by atoms with Crippen molar-refractivity contribution in [3.05, 3.63) is 28.3 Å². The Labute approximate surface area is 181 Å². The molecule has 168 valence electrons. The number of aliphatic hydroxyl groups excluding tert-OH is 1. The van der Waals surface area contributed by atoms with Crippen molar-refractivity contribution in [2.45, 2.75) is 72.6 Å². The van der Waals surface area contributed by atoms with Crippen molar-refractivity contribution in [1.29, 1.82) is 0 Å². The molecule has 2 aliphatic rings. The van der Waals surface area contributed by atoms with Crippen molar-refractivity contribution in [2.75, 3.05) is 6.54 Å². The van der Waals surface area contributed by atoms with Gasteiger partial charge in [-0.05, 0) is 23.7 Å². The summed E-state index contributed by atoms with van der Waals surface area (Å²) < 4.78 is 5.44. The highest BCUT2D eigenvalue weighted by Gasteiger charge is 2.37. The number of carbonyl (C=O) groups excluding carboxylic acids is 2. The summed E-state index contributed by atoms with van der Waals surface area (Å²) >= 11 is 0. The number of Topliss-reactive ketones (excluding diaryl/α,β-unsaturated/α-hetero) is 2. The molecule has 2 aliphatic carbocycles. The highest BCUT2D eigenvalue weighted by Crippen LogP contribution is 2.38. The number of fused-ring (bicyclic) bond motifs is 1. The van der Waals surface area contributed by atoms with Crippen LogP contribution < -0.4 is 0 Å². The number of rotatable bonds is 7. The second kappa shape index (κ2) is 8.40. The first-order valence-electron chi connectivity index (χ1n) is 10.6. The van der Waals surface area contributed by atoms with Crippen LogP contribution in [0, 0.1) is 10.8 Å². The molecule has 0 aliphatic heterocycles. The van der Waals surface area contributed by atoms with Crippen molar-refractivity contribution in [1.82, 2.24) is 5.16 Å². The SMILES string of the molecule is CC1(C)CC(=O)C(C(CCc2noc3c2C(=O)CC(C)(C)C3)=NCCC(=O)O)=C(O)C1. The quantitative estimate of drug-likeness (QED) is 0.628. The second-order valence-corrected chi connectivity index (χ2v) is 10.1. The van der Waals surface area contributed by atoms with Gasteiger partial charge in [0.2, 0.25) is 0 Å². The fraction of sp³-hybridized carbons (Fsp3) is 0.609. The van der Waals surface area contributed by atoms with Crippen LogP contribution in [0.1, 0.15) is 81.6 Å². The topological polar surface area (TPSA) is 130 Å². The first-order chi connectivity index (χ1) is 14.4. The van der Waals surface area contributed by atoms with Crippen LogP contribution in [0.25, 0.3) is 0 Å². The Kier molecular flexibility index (Phi) is 6.21.